The Morgan fingerprint density at radius 2 is 1.87 bits per heavy atom. The molecule has 0 N–H and O–H groups in total. The molecule has 236 valence electrons. The Morgan fingerprint density at radius 1 is 1.07 bits per heavy atom. The molecule has 2 aromatic carbocycles. The minimum absolute atomic E-state index is 0.0281. The molecule has 4 aromatic rings. The highest BCUT2D eigenvalue weighted by Crippen LogP contribution is 2.39. The van der Waals surface area contributed by atoms with E-state index in [-0.39, 0.29) is 43.1 Å². The van der Waals surface area contributed by atoms with Crippen LogP contribution in [0, 0.1) is 10.1 Å². The summed E-state index contributed by atoms with van der Waals surface area (Å²) >= 11 is 10.0. The molecule has 10 nitrogen and oxygen atoms in total. The van der Waals surface area contributed by atoms with Crippen LogP contribution in [0.15, 0.2) is 83.7 Å². The lowest BCUT2D eigenvalue weighted by Gasteiger charge is -2.45. The first-order valence-corrected chi connectivity index (χ1v) is 16.2. The first kappa shape index (κ1) is 31.8. The summed E-state index contributed by atoms with van der Waals surface area (Å²) < 4.78 is 0.893. The standard InChI is InChI=1S/C34H32BrClN6O4/c1-39(20-25-6-2-3-7-29(25)42(45)46)34(44)30-21-40(13-14-41(30)31(43)15-22-5-4-12-37-18-22)33-28-11-10-27(36)17-23(28)8-9-24-16-26(35)19-38-32(24)33/h2-7,10-12,16-19,30,33H,8-9,13-15,20-21H2,1H3. The molecule has 3 heterocycles. The average Bonchev–Trinajstić information content (AvgIpc) is 3.20. The molecule has 2 aromatic heterocycles. The zero-order chi connectivity index (χ0) is 32.4. The summed E-state index contributed by atoms with van der Waals surface area (Å²) in [5.74, 6) is -0.475. The van der Waals surface area contributed by atoms with E-state index < -0.39 is 11.0 Å². The second-order valence-corrected chi connectivity index (χ2v) is 13.0. The zero-order valence-corrected chi connectivity index (χ0v) is 27.5. The number of fused-ring (bicyclic) bond motifs is 2. The third kappa shape index (κ3) is 6.67. The summed E-state index contributed by atoms with van der Waals surface area (Å²) in [5, 5.41) is 12.4. The fourth-order valence-corrected chi connectivity index (χ4v) is 7.09. The number of amides is 2. The molecule has 2 aliphatic rings. The second-order valence-electron chi connectivity index (χ2n) is 11.7. The van der Waals surface area contributed by atoms with Gasteiger partial charge in [-0.05, 0) is 75.3 Å². The number of hydrogen-bond acceptors (Lipinski definition) is 7. The van der Waals surface area contributed by atoms with Gasteiger partial charge in [-0.3, -0.25) is 34.6 Å². The summed E-state index contributed by atoms with van der Waals surface area (Å²) in [7, 11) is 1.62. The number of pyridine rings is 2. The zero-order valence-electron chi connectivity index (χ0n) is 25.2. The highest BCUT2D eigenvalue weighted by Gasteiger charge is 2.41. The largest absolute Gasteiger partial charge is 0.339 e. The molecule has 2 amide bonds. The summed E-state index contributed by atoms with van der Waals surface area (Å²) in [6.45, 7) is 1.11. The van der Waals surface area contributed by atoms with E-state index in [4.69, 9.17) is 16.6 Å². The quantitative estimate of drug-likeness (QED) is 0.187. The molecule has 1 aliphatic heterocycles. The summed E-state index contributed by atoms with van der Waals surface area (Å²) in [6.07, 6.45) is 6.79. The van der Waals surface area contributed by atoms with E-state index in [2.05, 4.69) is 31.9 Å². The van der Waals surface area contributed by atoms with Gasteiger partial charge in [0.2, 0.25) is 11.8 Å². The van der Waals surface area contributed by atoms with Gasteiger partial charge in [0.05, 0.1) is 29.6 Å². The van der Waals surface area contributed by atoms with Gasteiger partial charge in [0, 0.05) is 66.4 Å². The Hall–Kier alpha value is -4.19. The van der Waals surface area contributed by atoms with Crippen LogP contribution in [0.2, 0.25) is 5.02 Å². The number of carbonyl (C=O) groups excluding carboxylic acids is 2. The Kier molecular flexibility index (Phi) is 9.44. The van der Waals surface area contributed by atoms with Crippen LogP contribution in [-0.4, -0.2) is 74.1 Å². The maximum atomic E-state index is 14.3. The normalized spacial score (nSPS) is 17.8. The number of piperazine rings is 1. The van der Waals surface area contributed by atoms with Crippen LogP contribution in [0.4, 0.5) is 5.69 Å². The Balaban J connectivity index is 1.36. The fourth-order valence-electron chi connectivity index (χ4n) is 6.52. The minimum Gasteiger partial charge on any atom is -0.339 e. The van der Waals surface area contributed by atoms with Gasteiger partial charge in [0.15, 0.2) is 0 Å². The topological polar surface area (TPSA) is 113 Å². The molecule has 0 saturated carbocycles. The van der Waals surface area contributed by atoms with Crippen LogP contribution < -0.4 is 0 Å². The van der Waals surface area contributed by atoms with Crippen molar-refractivity contribution in [3.63, 3.8) is 0 Å². The molecule has 1 saturated heterocycles. The Morgan fingerprint density at radius 3 is 2.65 bits per heavy atom. The van der Waals surface area contributed by atoms with E-state index in [1.807, 2.05) is 24.3 Å². The third-order valence-electron chi connectivity index (χ3n) is 8.72. The number of likely N-dealkylation sites (N-methyl/N-ethyl adjacent to an activating group) is 1. The lowest BCUT2D eigenvalue weighted by molar-refractivity contribution is -0.385. The van der Waals surface area contributed by atoms with E-state index in [9.17, 15) is 19.7 Å². The van der Waals surface area contributed by atoms with Crippen LogP contribution in [0.3, 0.4) is 0 Å². The van der Waals surface area contributed by atoms with E-state index in [1.54, 1.807) is 54.8 Å². The monoisotopic (exact) mass is 702 g/mol. The van der Waals surface area contributed by atoms with Crippen LogP contribution in [0.1, 0.15) is 39.6 Å². The van der Waals surface area contributed by atoms with Crippen molar-refractivity contribution >= 4 is 45.0 Å². The van der Waals surface area contributed by atoms with Crippen LogP contribution in [-0.2, 0) is 35.4 Å². The lowest BCUT2D eigenvalue weighted by atomic mass is 9.95. The van der Waals surface area contributed by atoms with Crippen LogP contribution >= 0.6 is 27.5 Å². The van der Waals surface area contributed by atoms with Gasteiger partial charge in [-0.2, -0.15) is 0 Å². The number of rotatable bonds is 7. The van der Waals surface area contributed by atoms with Gasteiger partial charge in [-0.25, -0.2) is 0 Å². The van der Waals surface area contributed by atoms with Crippen molar-refractivity contribution in [2.45, 2.75) is 37.9 Å². The number of nitrogens with zero attached hydrogens (tertiary/aromatic N) is 6. The van der Waals surface area contributed by atoms with Crippen molar-refractivity contribution in [3.8, 4) is 0 Å². The number of aromatic nitrogens is 2. The lowest BCUT2D eigenvalue weighted by Crippen LogP contribution is -2.61. The SMILES string of the molecule is CN(Cc1ccccc1[N+](=O)[O-])C(=O)C1CN(C2c3ccc(Cl)cc3CCc3cc(Br)cnc32)CCN1C(=O)Cc1cccnc1. The predicted octanol–water partition coefficient (Wildman–Crippen LogP) is 5.40. The number of para-hydroxylation sites is 1. The van der Waals surface area contributed by atoms with Gasteiger partial charge in [-0.15, -0.1) is 0 Å². The van der Waals surface area contributed by atoms with Gasteiger partial charge < -0.3 is 9.80 Å². The summed E-state index contributed by atoms with van der Waals surface area (Å²) in [6, 6.07) is 16.9. The minimum atomic E-state index is -0.830. The molecule has 0 spiro atoms. The molecular formula is C34H32BrClN6O4. The number of carbonyl (C=O) groups is 2. The Labute approximate surface area is 280 Å². The number of aryl methyl sites for hydroxylation is 2. The number of halogens is 2. The van der Waals surface area contributed by atoms with Crippen LogP contribution in [0.25, 0.3) is 0 Å². The van der Waals surface area contributed by atoms with Crippen molar-refractivity contribution < 1.29 is 14.5 Å². The molecular weight excluding hydrogens is 672 g/mol. The second kappa shape index (κ2) is 13.7. The van der Waals surface area contributed by atoms with Crippen molar-refractivity contribution in [2.24, 2.45) is 0 Å². The van der Waals surface area contributed by atoms with Gasteiger partial charge in [0.1, 0.15) is 6.04 Å². The molecule has 0 radical (unpaired) electrons. The molecule has 1 aliphatic carbocycles. The average molecular weight is 704 g/mol. The van der Waals surface area contributed by atoms with E-state index in [0.717, 1.165) is 45.3 Å². The summed E-state index contributed by atoms with van der Waals surface area (Å²) in [4.78, 5) is 53.8. The van der Waals surface area contributed by atoms with Crippen molar-refractivity contribution in [3.05, 3.63) is 132 Å². The molecule has 12 heteroatoms. The highest BCUT2D eigenvalue weighted by atomic mass is 79.9. The van der Waals surface area contributed by atoms with Crippen molar-refractivity contribution in [1.82, 2.24) is 24.7 Å². The first-order chi connectivity index (χ1) is 22.2. The highest BCUT2D eigenvalue weighted by molar-refractivity contribution is 9.10. The smallest absolute Gasteiger partial charge is 0.274 e. The van der Waals surface area contributed by atoms with E-state index in [0.29, 0.717) is 23.7 Å². The van der Waals surface area contributed by atoms with Crippen molar-refractivity contribution in [1.29, 1.82) is 0 Å². The number of nitro groups is 1. The molecule has 1 fully saturated rings. The number of hydrogen-bond donors (Lipinski definition) is 0. The molecule has 2 unspecified atom stereocenters. The number of benzene rings is 2. The molecule has 0 bridgehead atoms. The molecule has 2 atom stereocenters. The third-order valence-corrected chi connectivity index (χ3v) is 9.39. The molecule has 46 heavy (non-hydrogen) atoms. The van der Waals surface area contributed by atoms with E-state index in [1.165, 1.54) is 11.0 Å². The Bertz CT molecular complexity index is 1740. The van der Waals surface area contributed by atoms with Crippen LogP contribution in [0.5, 0.6) is 0 Å². The van der Waals surface area contributed by atoms with Gasteiger partial charge in [-0.1, -0.05) is 41.9 Å². The first-order valence-electron chi connectivity index (χ1n) is 15.0. The number of nitro benzene ring substituents is 1. The predicted molar refractivity (Wildman–Crippen MR) is 177 cm³/mol. The molecule has 6 rings (SSSR count). The van der Waals surface area contributed by atoms with Gasteiger partial charge >= 0.3 is 0 Å². The van der Waals surface area contributed by atoms with E-state index >= 15 is 0 Å². The van der Waals surface area contributed by atoms with Crippen molar-refractivity contribution in [2.75, 3.05) is 26.7 Å². The maximum Gasteiger partial charge on any atom is 0.274 e. The van der Waals surface area contributed by atoms with Gasteiger partial charge in [0.25, 0.3) is 5.69 Å². The summed E-state index contributed by atoms with van der Waals surface area (Å²) in [5.41, 5.74) is 5.34. The maximum absolute atomic E-state index is 14.3. The fraction of sp³-hybridized carbons (Fsp3) is 0.294.